The zero-order valence-electron chi connectivity index (χ0n) is 15.3. The molecule has 7 heteroatoms. The predicted octanol–water partition coefficient (Wildman–Crippen LogP) is 2.37. The lowest BCUT2D eigenvalue weighted by Crippen LogP contribution is -2.41. The van der Waals surface area contributed by atoms with E-state index >= 15 is 0 Å². The third kappa shape index (κ3) is 3.79. The molecule has 0 saturated heterocycles. The molecule has 1 aliphatic heterocycles. The van der Waals surface area contributed by atoms with Crippen molar-refractivity contribution in [1.82, 2.24) is 10.2 Å². The maximum absolute atomic E-state index is 12.5. The summed E-state index contributed by atoms with van der Waals surface area (Å²) >= 11 is 0. The quantitative estimate of drug-likeness (QED) is 0.729. The molecule has 1 heterocycles. The Morgan fingerprint density at radius 1 is 1.07 bits per heavy atom. The number of rotatable bonds is 6. The second-order valence-electron chi connectivity index (χ2n) is 7.10. The molecule has 1 aliphatic carbocycles. The molecule has 4 rings (SSSR count). The predicted molar refractivity (Wildman–Crippen MR) is 107 cm³/mol. The van der Waals surface area contributed by atoms with Gasteiger partial charge in [0.05, 0.1) is 17.7 Å². The Morgan fingerprint density at radius 2 is 1.71 bits per heavy atom. The van der Waals surface area contributed by atoms with Crippen LogP contribution in [-0.2, 0) is 6.54 Å². The summed E-state index contributed by atoms with van der Waals surface area (Å²) in [5.41, 5.74) is 7.83. The molecular weight excluding hydrogens is 378 g/mol. The van der Waals surface area contributed by atoms with Gasteiger partial charge < -0.3 is 11.1 Å². The summed E-state index contributed by atoms with van der Waals surface area (Å²) in [4.78, 5) is 38.8. The van der Waals surface area contributed by atoms with Crippen LogP contribution in [0, 0.1) is 5.92 Å². The number of nitrogens with two attached hydrogens (primary N) is 1. The fourth-order valence-electron chi connectivity index (χ4n) is 3.50. The van der Waals surface area contributed by atoms with Gasteiger partial charge in [-0.1, -0.05) is 24.3 Å². The second kappa shape index (κ2) is 8.12. The smallest absolute Gasteiger partial charge is 0.261 e. The van der Waals surface area contributed by atoms with Crippen LogP contribution in [0.4, 0.5) is 0 Å². The van der Waals surface area contributed by atoms with Gasteiger partial charge >= 0.3 is 0 Å². The molecule has 2 aliphatic rings. The molecule has 1 saturated carbocycles. The number of imide groups is 1. The fourth-order valence-corrected chi connectivity index (χ4v) is 3.50. The van der Waals surface area contributed by atoms with E-state index in [0.717, 1.165) is 18.4 Å². The number of hydrogen-bond acceptors (Lipinski definition) is 4. The number of carbonyl (C=O) groups is 3. The number of fused-ring (bicyclic) bond motifs is 1. The van der Waals surface area contributed by atoms with Gasteiger partial charge in [0.15, 0.2) is 0 Å². The molecule has 1 fully saturated rings. The number of halogens is 1. The average Bonchev–Trinajstić information content (AvgIpc) is 3.51. The lowest BCUT2D eigenvalue weighted by Gasteiger charge is -2.17. The Morgan fingerprint density at radius 3 is 2.29 bits per heavy atom. The standard InChI is InChI=1S/C21H21N3O3.ClH/c22-11-18(14-8-9-14)23-19(25)15-5-3-4-13(10-15)12-24-20(26)16-6-1-2-7-17(16)21(24)27;/h1-7,10,14,18H,8-9,11-12,22H2,(H,23,25);1H. The fraction of sp³-hybridized carbons (Fsp3) is 0.286. The van der Waals surface area contributed by atoms with E-state index in [-0.39, 0.29) is 42.7 Å². The maximum atomic E-state index is 12.5. The van der Waals surface area contributed by atoms with Crippen molar-refractivity contribution in [3.63, 3.8) is 0 Å². The number of hydrogen-bond donors (Lipinski definition) is 2. The highest BCUT2D eigenvalue weighted by atomic mass is 35.5. The molecule has 3 amide bonds. The summed E-state index contributed by atoms with van der Waals surface area (Å²) < 4.78 is 0. The largest absolute Gasteiger partial charge is 0.348 e. The highest BCUT2D eigenvalue weighted by Gasteiger charge is 2.35. The number of amides is 3. The summed E-state index contributed by atoms with van der Waals surface area (Å²) in [5.74, 6) is -0.313. The SMILES string of the molecule is Cl.NCC(NC(=O)c1cccc(CN2C(=O)c3ccccc3C2=O)c1)C1CC1. The zero-order chi connectivity index (χ0) is 19.0. The van der Waals surface area contributed by atoms with E-state index in [0.29, 0.717) is 29.2 Å². The number of carbonyl (C=O) groups excluding carboxylic acids is 3. The van der Waals surface area contributed by atoms with E-state index in [1.807, 2.05) is 6.07 Å². The normalized spacial score (nSPS) is 16.4. The van der Waals surface area contributed by atoms with Crippen molar-refractivity contribution in [2.75, 3.05) is 6.54 Å². The van der Waals surface area contributed by atoms with Crippen LogP contribution >= 0.6 is 12.4 Å². The van der Waals surface area contributed by atoms with E-state index in [9.17, 15) is 14.4 Å². The highest BCUT2D eigenvalue weighted by molar-refractivity contribution is 6.21. The van der Waals surface area contributed by atoms with Crippen LogP contribution in [-0.4, -0.2) is 35.2 Å². The van der Waals surface area contributed by atoms with Gasteiger partial charge in [0, 0.05) is 18.2 Å². The molecule has 6 nitrogen and oxygen atoms in total. The van der Waals surface area contributed by atoms with Crippen molar-refractivity contribution in [1.29, 1.82) is 0 Å². The molecule has 2 aromatic rings. The van der Waals surface area contributed by atoms with E-state index in [4.69, 9.17) is 5.73 Å². The minimum Gasteiger partial charge on any atom is -0.348 e. The first-order valence-corrected chi connectivity index (χ1v) is 9.13. The molecule has 28 heavy (non-hydrogen) atoms. The van der Waals surface area contributed by atoms with Crippen molar-refractivity contribution in [3.05, 3.63) is 70.8 Å². The lowest BCUT2D eigenvalue weighted by molar-refractivity contribution is 0.0642. The van der Waals surface area contributed by atoms with Gasteiger partial charge in [-0.3, -0.25) is 19.3 Å². The Labute approximate surface area is 169 Å². The van der Waals surface area contributed by atoms with Crippen LogP contribution in [0.3, 0.4) is 0 Å². The Kier molecular flexibility index (Phi) is 5.82. The van der Waals surface area contributed by atoms with Gasteiger partial charge in [-0.15, -0.1) is 12.4 Å². The molecule has 2 aromatic carbocycles. The Balaban J connectivity index is 0.00000225. The Bertz CT molecular complexity index is 892. The minimum absolute atomic E-state index is 0. The summed E-state index contributed by atoms with van der Waals surface area (Å²) in [7, 11) is 0. The van der Waals surface area contributed by atoms with Gasteiger partial charge in [-0.05, 0) is 48.6 Å². The van der Waals surface area contributed by atoms with E-state index < -0.39 is 0 Å². The third-order valence-electron chi connectivity index (χ3n) is 5.17. The summed E-state index contributed by atoms with van der Waals surface area (Å²) in [6, 6.07) is 13.8. The third-order valence-corrected chi connectivity index (χ3v) is 5.17. The molecule has 0 bridgehead atoms. The van der Waals surface area contributed by atoms with E-state index in [1.54, 1.807) is 42.5 Å². The van der Waals surface area contributed by atoms with Crippen LogP contribution in [0.5, 0.6) is 0 Å². The molecule has 3 N–H and O–H groups in total. The molecule has 0 aromatic heterocycles. The minimum atomic E-state index is -0.303. The van der Waals surface area contributed by atoms with Gasteiger partial charge in [0.2, 0.25) is 0 Å². The first-order chi connectivity index (χ1) is 13.1. The molecule has 1 atom stereocenters. The van der Waals surface area contributed by atoms with Crippen molar-refractivity contribution in [2.24, 2.45) is 11.7 Å². The summed E-state index contributed by atoms with van der Waals surface area (Å²) in [6.45, 7) is 0.557. The van der Waals surface area contributed by atoms with Gasteiger partial charge in [0.25, 0.3) is 17.7 Å². The highest BCUT2D eigenvalue weighted by Crippen LogP contribution is 2.32. The maximum Gasteiger partial charge on any atom is 0.261 e. The molecule has 146 valence electrons. The average molecular weight is 400 g/mol. The zero-order valence-corrected chi connectivity index (χ0v) is 16.1. The Hall–Kier alpha value is -2.70. The molecule has 1 unspecified atom stereocenters. The summed E-state index contributed by atoms with van der Waals surface area (Å²) in [5, 5.41) is 2.99. The van der Waals surface area contributed by atoms with Crippen molar-refractivity contribution in [2.45, 2.75) is 25.4 Å². The molecule has 0 spiro atoms. The van der Waals surface area contributed by atoms with Crippen LogP contribution in [0.15, 0.2) is 48.5 Å². The monoisotopic (exact) mass is 399 g/mol. The first kappa shape index (κ1) is 20.0. The lowest BCUT2D eigenvalue weighted by atomic mass is 10.1. The number of nitrogens with zero attached hydrogens (tertiary/aromatic N) is 1. The molecule has 0 radical (unpaired) electrons. The van der Waals surface area contributed by atoms with Crippen molar-refractivity contribution in [3.8, 4) is 0 Å². The van der Waals surface area contributed by atoms with Gasteiger partial charge in [-0.25, -0.2) is 0 Å². The van der Waals surface area contributed by atoms with Crippen LogP contribution in [0.25, 0.3) is 0 Å². The summed E-state index contributed by atoms with van der Waals surface area (Å²) in [6.07, 6.45) is 2.20. The van der Waals surface area contributed by atoms with Crippen LogP contribution < -0.4 is 11.1 Å². The van der Waals surface area contributed by atoms with E-state index in [2.05, 4.69) is 5.32 Å². The van der Waals surface area contributed by atoms with E-state index in [1.165, 1.54) is 4.90 Å². The van der Waals surface area contributed by atoms with Crippen LogP contribution in [0.1, 0.15) is 49.5 Å². The molecular formula is C21H22ClN3O3. The van der Waals surface area contributed by atoms with Crippen molar-refractivity contribution < 1.29 is 14.4 Å². The van der Waals surface area contributed by atoms with Gasteiger partial charge in [0.1, 0.15) is 0 Å². The second-order valence-corrected chi connectivity index (χ2v) is 7.10. The van der Waals surface area contributed by atoms with Crippen molar-refractivity contribution >= 4 is 30.1 Å². The first-order valence-electron chi connectivity index (χ1n) is 9.13. The van der Waals surface area contributed by atoms with Crippen LogP contribution in [0.2, 0.25) is 0 Å². The topological polar surface area (TPSA) is 92.5 Å². The number of benzene rings is 2. The number of nitrogens with one attached hydrogen (secondary N) is 1. The van der Waals surface area contributed by atoms with Gasteiger partial charge in [-0.2, -0.15) is 0 Å².